The summed E-state index contributed by atoms with van der Waals surface area (Å²) in [5.74, 6) is 0. The van der Waals surface area contributed by atoms with Gasteiger partial charge in [-0.1, -0.05) is 12.1 Å². The molecule has 1 saturated heterocycles. The summed E-state index contributed by atoms with van der Waals surface area (Å²) >= 11 is 1.72. The van der Waals surface area contributed by atoms with Gasteiger partial charge in [0.2, 0.25) is 0 Å². The Hall–Kier alpha value is -1.37. The van der Waals surface area contributed by atoms with E-state index in [1.165, 1.54) is 4.88 Å². The third-order valence-electron chi connectivity index (χ3n) is 5.84. The average Bonchev–Trinajstić information content (AvgIpc) is 3.29. The second kappa shape index (κ2) is 8.33. The molecule has 3 nitrogen and oxygen atoms in total. The van der Waals surface area contributed by atoms with E-state index in [9.17, 15) is 8.78 Å². The van der Waals surface area contributed by atoms with Crippen molar-refractivity contribution < 1.29 is 13.5 Å². The summed E-state index contributed by atoms with van der Waals surface area (Å²) in [6.07, 6.45) is 4.56. The van der Waals surface area contributed by atoms with Gasteiger partial charge in [0.25, 0.3) is 0 Å². The van der Waals surface area contributed by atoms with Gasteiger partial charge in [-0.3, -0.25) is 9.88 Å². The summed E-state index contributed by atoms with van der Waals surface area (Å²) in [5, 5.41) is 2.06. The van der Waals surface area contributed by atoms with Crippen LogP contribution in [0.25, 0.3) is 0 Å². The van der Waals surface area contributed by atoms with Crippen LogP contribution in [0.2, 0.25) is 0 Å². The van der Waals surface area contributed by atoms with Gasteiger partial charge < -0.3 is 4.74 Å². The standard InChI is InChI=1S/C21H28F2N2OS/c1-16-6-7-17(13-24-16)20(2,3)25-11-10-21(14-25,15-26-19(22)23)9-8-18-5-4-12-27-18/h4-7,12-13,19H,8-11,14-15H2,1-3H3. The summed E-state index contributed by atoms with van der Waals surface area (Å²) in [5.41, 5.74) is 1.70. The lowest BCUT2D eigenvalue weighted by Crippen LogP contribution is -2.42. The van der Waals surface area contributed by atoms with Gasteiger partial charge in [-0.2, -0.15) is 8.78 Å². The fraction of sp³-hybridized carbons (Fsp3) is 0.571. The lowest BCUT2D eigenvalue weighted by molar-refractivity contribution is -0.152. The largest absolute Gasteiger partial charge is 0.345 e. The normalized spacial score (nSPS) is 21.3. The smallest absolute Gasteiger partial charge is 0.322 e. The van der Waals surface area contributed by atoms with E-state index in [4.69, 9.17) is 4.74 Å². The zero-order chi connectivity index (χ0) is 19.5. The van der Waals surface area contributed by atoms with Gasteiger partial charge in [0.05, 0.1) is 6.61 Å². The minimum atomic E-state index is -2.72. The Kier molecular flexibility index (Phi) is 6.28. The van der Waals surface area contributed by atoms with Crippen LogP contribution < -0.4 is 0 Å². The molecule has 0 spiro atoms. The molecule has 1 atom stereocenters. The molecule has 3 heterocycles. The SMILES string of the molecule is Cc1ccc(C(C)(C)N2CCC(CCc3cccs3)(COC(F)F)C2)cn1. The van der Waals surface area contributed by atoms with Crippen LogP contribution in [-0.2, 0) is 16.7 Å². The summed E-state index contributed by atoms with van der Waals surface area (Å²) in [7, 11) is 0. The third-order valence-corrected chi connectivity index (χ3v) is 6.78. The number of rotatable bonds is 8. The number of hydrogen-bond acceptors (Lipinski definition) is 4. The van der Waals surface area contributed by atoms with E-state index in [1.807, 2.05) is 25.3 Å². The highest BCUT2D eigenvalue weighted by atomic mass is 32.1. The van der Waals surface area contributed by atoms with E-state index < -0.39 is 6.61 Å². The number of likely N-dealkylation sites (tertiary alicyclic amines) is 1. The van der Waals surface area contributed by atoms with E-state index in [0.717, 1.165) is 43.6 Å². The van der Waals surface area contributed by atoms with Crippen molar-refractivity contribution in [3.8, 4) is 0 Å². The van der Waals surface area contributed by atoms with Gasteiger partial charge in [-0.25, -0.2) is 0 Å². The average molecular weight is 395 g/mol. The number of thiophene rings is 1. The number of aromatic nitrogens is 1. The Morgan fingerprint density at radius 3 is 2.78 bits per heavy atom. The van der Waals surface area contributed by atoms with Gasteiger partial charge in [0.1, 0.15) is 0 Å². The molecule has 1 fully saturated rings. The quantitative estimate of drug-likeness (QED) is 0.611. The molecule has 0 bridgehead atoms. The molecular weight excluding hydrogens is 366 g/mol. The summed E-state index contributed by atoms with van der Waals surface area (Å²) in [4.78, 5) is 8.12. The van der Waals surface area contributed by atoms with Crippen molar-refractivity contribution in [1.29, 1.82) is 0 Å². The molecule has 1 aliphatic heterocycles. The van der Waals surface area contributed by atoms with Gasteiger partial charge >= 0.3 is 6.61 Å². The Labute approximate surface area is 164 Å². The number of hydrogen-bond donors (Lipinski definition) is 0. The van der Waals surface area contributed by atoms with Crippen LogP contribution in [0, 0.1) is 12.3 Å². The maximum Gasteiger partial charge on any atom is 0.345 e. The van der Waals surface area contributed by atoms with Crippen molar-refractivity contribution >= 4 is 11.3 Å². The highest BCUT2D eigenvalue weighted by Gasteiger charge is 2.44. The lowest BCUT2D eigenvalue weighted by Gasteiger charge is -2.38. The van der Waals surface area contributed by atoms with Crippen molar-refractivity contribution in [3.05, 3.63) is 52.0 Å². The molecule has 0 radical (unpaired) electrons. The highest BCUT2D eigenvalue weighted by molar-refractivity contribution is 7.09. The molecule has 2 aromatic rings. The Balaban J connectivity index is 1.74. The van der Waals surface area contributed by atoms with Crippen LogP contribution in [0.3, 0.4) is 0 Å². The van der Waals surface area contributed by atoms with Crippen LogP contribution in [-0.4, -0.2) is 36.2 Å². The Bertz CT molecular complexity index is 718. The predicted molar refractivity (Wildman–Crippen MR) is 105 cm³/mol. The fourth-order valence-corrected chi connectivity index (χ4v) is 4.61. The first-order chi connectivity index (χ1) is 12.8. The molecule has 0 aromatic carbocycles. The molecule has 1 unspecified atom stereocenters. The molecule has 3 rings (SSSR count). The first kappa shape index (κ1) is 20.4. The minimum absolute atomic E-state index is 0.106. The lowest BCUT2D eigenvalue weighted by atomic mass is 9.82. The number of nitrogens with zero attached hydrogens (tertiary/aromatic N) is 2. The van der Waals surface area contributed by atoms with Crippen LogP contribution in [0.1, 0.15) is 42.8 Å². The summed E-state index contributed by atoms with van der Waals surface area (Å²) in [6.45, 7) is 5.36. The number of alkyl halides is 2. The maximum atomic E-state index is 12.8. The molecule has 27 heavy (non-hydrogen) atoms. The molecule has 6 heteroatoms. The number of ether oxygens (including phenoxy) is 1. The fourth-order valence-electron chi connectivity index (χ4n) is 3.90. The summed E-state index contributed by atoms with van der Waals surface area (Å²) < 4.78 is 30.3. The monoisotopic (exact) mass is 394 g/mol. The zero-order valence-electron chi connectivity index (χ0n) is 16.3. The molecule has 0 saturated carbocycles. The number of halogens is 2. The van der Waals surface area contributed by atoms with E-state index in [-0.39, 0.29) is 17.6 Å². The Morgan fingerprint density at radius 1 is 1.33 bits per heavy atom. The summed E-state index contributed by atoms with van der Waals surface area (Å²) in [6, 6.07) is 8.29. The van der Waals surface area contributed by atoms with E-state index in [0.29, 0.717) is 0 Å². The minimum Gasteiger partial charge on any atom is -0.322 e. The topological polar surface area (TPSA) is 25.4 Å². The van der Waals surface area contributed by atoms with E-state index >= 15 is 0 Å². The van der Waals surface area contributed by atoms with Crippen LogP contribution in [0.15, 0.2) is 35.8 Å². The van der Waals surface area contributed by atoms with E-state index in [1.54, 1.807) is 11.3 Å². The molecule has 2 aromatic heterocycles. The highest BCUT2D eigenvalue weighted by Crippen LogP contribution is 2.42. The number of pyridine rings is 1. The van der Waals surface area contributed by atoms with E-state index in [2.05, 4.69) is 41.2 Å². The Morgan fingerprint density at radius 2 is 2.15 bits per heavy atom. The number of aryl methyl sites for hydroxylation is 2. The molecule has 0 amide bonds. The molecular formula is C21H28F2N2OS. The second-order valence-corrected chi connectivity index (χ2v) is 9.10. The van der Waals surface area contributed by atoms with Crippen molar-refractivity contribution in [2.45, 2.75) is 52.2 Å². The van der Waals surface area contributed by atoms with Crippen molar-refractivity contribution in [1.82, 2.24) is 9.88 Å². The zero-order valence-corrected chi connectivity index (χ0v) is 17.1. The third kappa shape index (κ3) is 4.92. The first-order valence-electron chi connectivity index (χ1n) is 9.41. The maximum absolute atomic E-state index is 12.8. The van der Waals surface area contributed by atoms with Gasteiger partial charge in [0.15, 0.2) is 0 Å². The van der Waals surface area contributed by atoms with Crippen molar-refractivity contribution in [2.24, 2.45) is 5.41 Å². The van der Waals surface area contributed by atoms with Gasteiger partial charge in [0, 0.05) is 34.3 Å². The molecule has 148 valence electrons. The first-order valence-corrected chi connectivity index (χ1v) is 10.3. The van der Waals surface area contributed by atoms with Crippen molar-refractivity contribution in [3.63, 3.8) is 0 Å². The van der Waals surface area contributed by atoms with Gasteiger partial charge in [-0.05, 0) is 69.7 Å². The second-order valence-electron chi connectivity index (χ2n) is 8.07. The molecule has 0 aliphatic carbocycles. The van der Waals surface area contributed by atoms with Crippen LogP contribution in [0.5, 0.6) is 0 Å². The van der Waals surface area contributed by atoms with Gasteiger partial charge in [-0.15, -0.1) is 11.3 Å². The van der Waals surface area contributed by atoms with Crippen LogP contribution >= 0.6 is 11.3 Å². The van der Waals surface area contributed by atoms with Crippen LogP contribution in [0.4, 0.5) is 8.78 Å². The molecule has 1 aliphatic rings. The van der Waals surface area contributed by atoms with Crippen molar-refractivity contribution in [2.75, 3.05) is 19.7 Å². The molecule has 0 N–H and O–H groups in total. The predicted octanol–water partition coefficient (Wildman–Crippen LogP) is 5.25.